The number of hydrogen-bond donors (Lipinski definition) is 2. The maximum absolute atomic E-state index is 14.0. The highest BCUT2D eigenvalue weighted by Crippen LogP contribution is 2.56. The molecule has 4 unspecified atom stereocenters. The number of aromatic carboxylic acids is 1. The average molecular weight is 570 g/mol. The summed E-state index contributed by atoms with van der Waals surface area (Å²) in [5.74, 6) is -5.58. The van der Waals surface area contributed by atoms with Gasteiger partial charge in [0.05, 0.1) is 37.3 Å². The highest BCUT2D eigenvalue weighted by atomic mass is 16.5. The van der Waals surface area contributed by atoms with E-state index in [1.807, 2.05) is 6.08 Å². The Morgan fingerprint density at radius 1 is 0.976 bits per heavy atom. The van der Waals surface area contributed by atoms with Gasteiger partial charge in [-0.2, -0.15) is 0 Å². The molecule has 0 radical (unpaired) electrons. The predicted octanol–water partition coefficient (Wildman–Crippen LogP) is 3.74. The Hall–Kier alpha value is -4.99. The van der Waals surface area contributed by atoms with E-state index in [1.165, 1.54) is 44.6 Å². The molecule has 10 nitrogen and oxygen atoms in total. The molecule has 1 saturated heterocycles. The monoisotopic (exact) mass is 569 g/mol. The second-order valence-electron chi connectivity index (χ2n) is 10.9. The first-order chi connectivity index (χ1) is 20.1. The molecule has 1 fully saturated rings. The van der Waals surface area contributed by atoms with Gasteiger partial charge >= 0.3 is 5.97 Å². The van der Waals surface area contributed by atoms with Gasteiger partial charge in [0.1, 0.15) is 0 Å². The molecule has 1 aliphatic heterocycles. The average Bonchev–Trinajstić information content (AvgIpc) is 3.24. The normalized spacial score (nSPS) is 25.0. The molecule has 2 N–H and O–H groups in total. The van der Waals surface area contributed by atoms with Crippen LogP contribution in [-0.4, -0.2) is 53.8 Å². The summed E-state index contributed by atoms with van der Waals surface area (Å²) in [6.45, 7) is 1.57. The lowest BCUT2D eigenvalue weighted by molar-refractivity contribution is -0.123. The number of anilines is 1. The molecule has 42 heavy (non-hydrogen) atoms. The number of amides is 2. The quantitative estimate of drug-likeness (QED) is 0.312. The molecule has 0 aromatic heterocycles. The van der Waals surface area contributed by atoms with Crippen LogP contribution in [-0.2, 0) is 19.2 Å². The number of imide groups is 1. The number of carbonyl (C=O) groups is 5. The molecule has 2 aromatic rings. The minimum atomic E-state index is -1.18. The summed E-state index contributed by atoms with van der Waals surface area (Å²) in [6, 6.07) is 8.83. The van der Waals surface area contributed by atoms with Gasteiger partial charge in [0.25, 0.3) is 0 Å². The summed E-state index contributed by atoms with van der Waals surface area (Å²) in [4.78, 5) is 67.2. The number of benzene rings is 2. The van der Waals surface area contributed by atoms with E-state index >= 15 is 0 Å². The van der Waals surface area contributed by atoms with Gasteiger partial charge in [-0.05, 0) is 67.7 Å². The Morgan fingerprint density at radius 3 is 2.31 bits per heavy atom. The molecule has 4 atom stereocenters. The van der Waals surface area contributed by atoms with Crippen LogP contribution >= 0.6 is 0 Å². The van der Waals surface area contributed by atoms with E-state index in [-0.39, 0.29) is 52.9 Å². The Morgan fingerprint density at radius 2 is 1.67 bits per heavy atom. The molecule has 0 saturated carbocycles. The van der Waals surface area contributed by atoms with Crippen LogP contribution < -0.4 is 14.4 Å². The maximum atomic E-state index is 14.0. The van der Waals surface area contributed by atoms with E-state index in [2.05, 4.69) is 0 Å². The number of methoxy groups -OCH3 is 2. The summed E-state index contributed by atoms with van der Waals surface area (Å²) < 4.78 is 10.7. The minimum Gasteiger partial charge on any atom is -0.502 e. The largest absolute Gasteiger partial charge is 0.502 e. The topological polar surface area (TPSA) is 148 Å². The molecule has 0 bridgehead atoms. The van der Waals surface area contributed by atoms with Gasteiger partial charge in [-0.3, -0.25) is 24.1 Å². The van der Waals surface area contributed by atoms with Crippen molar-refractivity contribution < 1.29 is 43.7 Å². The summed E-state index contributed by atoms with van der Waals surface area (Å²) >= 11 is 0. The Bertz CT molecular complexity index is 1690. The first-order valence-corrected chi connectivity index (χ1v) is 13.4. The summed E-state index contributed by atoms with van der Waals surface area (Å²) in [5, 5.41) is 20.0. The summed E-state index contributed by atoms with van der Waals surface area (Å²) in [6.07, 6.45) is 3.51. The number of phenols is 1. The standard InChI is InChI=1S/C32H27NO9/c1-14-9-22(34)27-21(28(14)35)13-20-18(25(27)16-11-23(41-2)29(36)24(12-16)42-3)7-8-19-26(20)31(38)33(30(19)37)17-6-4-5-15(10-17)32(39)40/h4-7,9-12,19-20,25-26,36H,8,13H2,1-3H3,(H,39,40). The number of hydrogen-bond acceptors (Lipinski definition) is 8. The molecule has 1 heterocycles. The predicted molar refractivity (Wildman–Crippen MR) is 148 cm³/mol. The van der Waals surface area contributed by atoms with E-state index in [1.54, 1.807) is 19.1 Å². The molecule has 10 heteroatoms. The van der Waals surface area contributed by atoms with Crippen molar-refractivity contribution in [3.8, 4) is 17.2 Å². The number of ketones is 2. The van der Waals surface area contributed by atoms with Crippen molar-refractivity contribution in [2.75, 3.05) is 19.1 Å². The smallest absolute Gasteiger partial charge is 0.335 e. The third-order valence-corrected chi connectivity index (χ3v) is 8.75. The third-order valence-electron chi connectivity index (χ3n) is 8.75. The van der Waals surface area contributed by atoms with Gasteiger partial charge in [-0.1, -0.05) is 17.7 Å². The number of ether oxygens (including phenoxy) is 2. The Balaban J connectivity index is 1.50. The van der Waals surface area contributed by atoms with Crippen LogP contribution in [0.15, 0.2) is 70.8 Å². The third kappa shape index (κ3) is 3.89. The zero-order valence-corrected chi connectivity index (χ0v) is 23.0. The van der Waals surface area contributed by atoms with Gasteiger partial charge in [0.2, 0.25) is 17.6 Å². The lowest BCUT2D eigenvalue weighted by Crippen LogP contribution is -2.39. The zero-order valence-electron chi connectivity index (χ0n) is 23.0. The van der Waals surface area contributed by atoms with E-state index < -0.39 is 41.5 Å². The van der Waals surface area contributed by atoms with Crippen LogP contribution in [0.2, 0.25) is 0 Å². The van der Waals surface area contributed by atoms with Crippen molar-refractivity contribution in [2.45, 2.75) is 25.7 Å². The van der Waals surface area contributed by atoms with Crippen LogP contribution in [0.4, 0.5) is 5.69 Å². The fourth-order valence-electron chi connectivity index (χ4n) is 6.87. The number of carboxylic acids is 1. The molecule has 6 rings (SSSR count). The lowest BCUT2D eigenvalue weighted by atomic mass is 9.59. The van der Waals surface area contributed by atoms with Crippen LogP contribution in [0.1, 0.15) is 41.6 Å². The van der Waals surface area contributed by atoms with Crippen molar-refractivity contribution in [1.29, 1.82) is 0 Å². The van der Waals surface area contributed by atoms with Crippen molar-refractivity contribution in [3.05, 3.63) is 82.0 Å². The van der Waals surface area contributed by atoms with E-state index in [0.717, 1.165) is 10.5 Å². The van der Waals surface area contributed by atoms with E-state index in [9.17, 15) is 34.2 Å². The highest BCUT2D eigenvalue weighted by Gasteiger charge is 2.56. The number of carbonyl (C=O) groups excluding carboxylic acids is 4. The number of rotatable bonds is 5. The molecule has 3 aliphatic carbocycles. The number of phenolic OH excluding ortho intramolecular Hbond substituents is 1. The highest BCUT2D eigenvalue weighted by molar-refractivity contribution is 6.25. The molecule has 0 spiro atoms. The second-order valence-corrected chi connectivity index (χ2v) is 10.9. The van der Waals surface area contributed by atoms with Crippen molar-refractivity contribution in [1.82, 2.24) is 0 Å². The number of nitrogens with zero attached hydrogens (tertiary/aromatic N) is 1. The number of allylic oxidation sites excluding steroid dienone is 6. The lowest BCUT2D eigenvalue weighted by Gasteiger charge is -2.42. The van der Waals surface area contributed by atoms with Crippen LogP contribution in [0.5, 0.6) is 17.2 Å². The first kappa shape index (κ1) is 27.2. The van der Waals surface area contributed by atoms with Gasteiger partial charge in [-0.25, -0.2) is 4.79 Å². The zero-order chi connectivity index (χ0) is 30.0. The van der Waals surface area contributed by atoms with Crippen molar-refractivity contribution >= 4 is 35.0 Å². The molecular weight excluding hydrogens is 542 g/mol. The molecular formula is C32H27NO9. The van der Waals surface area contributed by atoms with E-state index in [4.69, 9.17) is 9.47 Å². The van der Waals surface area contributed by atoms with Crippen LogP contribution in [0.25, 0.3) is 0 Å². The van der Waals surface area contributed by atoms with Crippen LogP contribution in [0, 0.1) is 17.8 Å². The number of fused-ring (bicyclic) bond motifs is 3. The van der Waals surface area contributed by atoms with Gasteiger partial charge in [0, 0.05) is 22.6 Å². The second kappa shape index (κ2) is 9.83. The fourth-order valence-corrected chi connectivity index (χ4v) is 6.87. The van der Waals surface area contributed by atoms with Crippen LogP contribution in [0.3, 0.4) is 0 Å². The molecule has 2 amide bonds. The van der Waals surface area contributed by atoms with Crippen molar-refractivity contribution in [3.63, 3.8) is 0 Å². The minimum absolute atomic E-state index is 0.0573. The number of Topliss-reactive ketones (excluding diaryl/α,β-unsaturated/α-hetero) is 1. The van der Waals surface area contributed by atoms with Gasteiger partial charge in [-0.15, -0.1) is 0 Å². The van der Waals surface area contributed by atoms with Gasteiger partial charge in [0.15, 0.2) is 23.1 Å². The SMILES string of the molecule is COc1cc(C2C3=CCC4C(=O)N(c5cccc(C(=O)O)c5)C(=O)C4C3CC3=C2C(=O)C=C(C)C3=O)cc(OC)c1O. The molecule has 2 aromatic carbocycles. The maximum Gasteiger partial charge on any atom is 0.335 e. The Labute approximate surface area is 240 Å². The first-order valence-electron chi connectivity index (χ1n) is 13.4. The molecule has 214 valence electrons. The molecule has 4 aliphatic rings. The van der Waals surface area contributed by atoms with Crippen molar-refractivity contribution in [2.24, 2.45) is 17.8 Å². The van der Waals surface area contributed by atoms with Gasteiger partial charge < -0.3 is 19.7 Å². The summed E-state index contributed by atoms with van der Waals surface area (Å²) in [5.41, 5.74) is 2.25. The number of aromatic hydroxyl groups is 1. The fraction of sp³-hybridized carbons (Fsp3) is 0.281. The summed E-state index contributed by atoms with van der Waals surface area (Å²) in [7, 11) is 2.77. The number of carboxylic acid groups (broad SMARTS) is 1. The Kier molecular flexibility index (Phi) is 6.36. The van der Waals surface area contributed by atoms with E-state index in [0.29, 0.717) is 22.3 Å².